The molecule has 21 heavy (non-hydrogen) atoms. The summed E-state index contributed by atoms with van der Waals surface area (Å²) in [5.41, 5.74) is 2.08. The zero-order chi connectivity index (χ0) is 15.2. The van der Waals surface area contributed by atoms with Gasteiger partial charge in [-0.05, 0) is 29.8 Å². The molecule has 2 rings (SSSR count). The number of hydrogen-bond acceptors (Lipinski definition) is 4. The van der Waals surface area contributed by atoms with Gasteiger partial charge < -0.3 is 19.5 Å². The topological polar surface area (TPSA) is 39.7 Å². The lowest BCUT2D eigenvalue weighted by Gasteiger charge is -2.13. The Balaban J connectivity index is 2.15. The van der Waals surface area contributed by atoms with Crippen LogP contribution in [0.25, 0.3) is 0 Å². The number of nitrogens with one attached hydrogen (secondary N) is 1. The fourth-order valence-electron chi connectivity index (χ4n) is 1.96. The summed E-state index contributed by atoms with van der Waals surface area (Å²) >= 11 is 3.55. The van der Waals surface area contributed by atoms with Crippen molar-refractivity contribution in [1.82, 2.24) is 0 Å². The second-order valence-electron chi connectivity index (χ2n) is 4.38. The van der Waals surface area contributed by atoms with E-state index in [1.54, 1.807) is 21.3 Å². The fourth-order valence-corrected chi connectivity index (χ4v) is 2.42. The third kappa shape index (κ3) is 3.82. The maximum atomic E-state index is 5.33. The van der Waals surface area contributed by atoms with Crippen molar-refractivity contribution in [2.45, 2.75) is 6.54 Å². The molecular formula is C16H18BrNO3. The third-order valence-electron chi connectivity index (χ3n) is 3.11. The molecule has 0 radical (unpaired) electrons. The van der Waals surface area contributed by atoms with Gasteiger partial charge in [-0.1, -0.05) is 22.0 Å². The zero-order valence-corrected chi connectivity index (χ0v) is 13.9. The molecule has 0 bridgehead atoms. The Kier molecular flexibility index (Phi) is 5.33. The third-order valence-corrected chi connectivity index (χ3v) is 3.84. The van der Waals surface area contributed by atoms with E-state index in [2.05, 4.69) is 21.2 Å². The summed E-state index contributed by atoms with van der Waals surface area (Å²) in [6.07, 6.45) is 0. The smallest absolute Gasteiger partial charge is 0.161 e. The SMILES string of the molecule is COc1cccc(NCc2cc(OC)c(OC)cc2Br)c1. The first kappa shape index (κ1) is 15.5. The van der Waals surface area contributed by atoms with Crippen LogP contribution in [0.5, 0.6) is 17.2 Å². The van der Waals surface area contributed by atoms with Gasteiger partial charge in [-0.3, -0.25) is 0 Å². The van der Waals surface area contributed by atoms with E-state index in [1.165, 1.54) is 0 Å². The van der Waals surface area contributed by atoms with E-state index in [-0.39, 0.29) is 0 Å². The van der Waals surface area contributed by atoms with Crippen LogP contribution >= 0.6 is 15.9 Å². The zero-order valence-electron chi connectivity index (χ0n) is 12.3. The van der Waals surface area contributed by atoms with Gasteiger partial charge in [0.2, 0.25) is 0 Å². The molecule has 0 aliphatic heterocycles. The van der Waals surface area contributed by atoms with Gasteiger partial charge >= 0.3 is 0 Å². The molecule has 0 fully saturated rings. The van der Waals surface area contributed by atoms with Crippen LogP contribution in [0.15, 0.2) is 40.9 Å². The largest absolute Gasteiger partial charge is 0.497 e. The molecule has 112 valence electrons. The van der Waals surface area contributed by atoms with Crippen molar-refractivity contribution in [3.05, 3.63) is 46.4 Å². The summed E-state index contributed by atoms with van der Waals surface area (Å²) in [4.78, 5) is 0. The quantitative estimate of drug-likeness (QED) is 0.850. The lowest BCUT2D eigenvalue weighted by molar-refractivity contribution is 0.354. The summed E-state index contributed by atoms with van der Waals surface area (Å²) < 4.78 is 16.8. The molecule has 0 atom stereocenters. The molecule has 0 aromatic heterocycles. The highest BCUT2D eigenvalue weighted by Crippen LogP contribution is 2.33. The van der Waals surface area contributed by atoms with Gasteiger partial charge in [0.25, 0.3) is 0 Å². The van der Waals surface area contributed by atoms with Crippen LogP contribution in [0.4, 0.5) is 5.69 Å². The molecule has 0 heterocycles. The second-order valence-corrected chi connectivity index (χ2v) is 5.24. The number of halogens is 1. The molecule has 1 N–H and O–H groups in total. The highest BCUT2D eigenvalue weighted by atomic mass is 79.9. The van der Waals surface area contributed by atoms with Gasteiger partial charge in [-0.15, -0.1) is 0 Å². The number of rotatable bonds is 6. The molecule has 2 aromatic carbocycles. The Labute approximate surface area is 133 Å². The van der Waals surface area contributed by atoms with Crippen molar-refractivity contribution in [2.24, 2.45) is 0 Å². The normalized spacial score (nSPS) is 10.1. The summed E-state index contributed by atoms with van der Waals surface area (Å²) in [7, 11) is 4.91. The summed E-state index contributed by atoms with van der Waals surface area (Å²) in [6.45, 7) is 0.661. The van der Waals surface area contributed by atoms with Crippen LogP contribution in [0.2, 0.25) is 0 Å². The van der Waals surface area contributed by atoms with Gasteiger partial charge in [-0.25, -0.2) is 0 Å². The molecule has 0 saturated heterocycles. The molecule has 2 aromatic rings. The van der Waals surface area contributed by atoms with Crippen LogP contribution in [0.3, 0.4) is 0 Å². The number of benzene rings is 2. The lowest BCUT2D eigenvalue weighted by Crippen LogP contribution is -2.02. The molecule has 5 heteroatoms. The van der Waals surface area contributed by atoms with Crippen molar-refractivity contribution in [1.29, 1.82) is 0 Å². The van der Waals surface area contributed by atoms with Crippen LogP contribution in [-0.4, -0.2) is 21.3 Å². The molecule has 0 unspecified atom stereocenters. The van der Waals surface area contributed by atoms with E-state index >= 15 is 0 Å². The first-order chi connectivity index (χ1) is 10.2. The molecule has 0 aliphatic rings. The van der Waals surface area contributed by atoms with Gasteiger partial charge in [0, 0.05) is 22.8 Å². The molecule has 0 spiro atoms. The van der Waals surface area contributed by atoms with E-state index in [4.69, 9.17) is 14.2 Å². The Bertz CT molecular complexity index is 616. The van der Waals surface area contributed by atoms with Gasteiger partial charge in [0.1, 0.15) is 5.75 Å². The minimum absolute atomic E-state index is 0.661. The Morgan fingerprint density at radius 2 is 1.67 bits per heavy atom. The van der Waals surface area contributed by atoms with E-state index in [1.807, 2.05) is 36.4 Å². The fraction of sp³-hybridized carbons (Fsp3) is 0.250. The van der Waals surface area contributed by atoms with Crippen LogP contribution in [-0.2, 0) is 6.54 Å². The maximum absolute atomic E-state index is 5.33. The van der Waals surface area contributed by atoms with E-state index < -0.39 is 0 Å². The van der Waals surface area contributed by atoms with Gasteiger partial charge in [0.05, 0.1) is 21.3 Å². The standard InChI is InChI=1S/C16H18BrNO3/c1-19-13-6-4-5-12(8-13)18-10-11-7-15(20-2)16(21-3)9-14(11)17/h4-9,18H,10H2,1-3H3. The van der Waals surface area contributed by atoms with Crippen LogP contribution in [0, 0.1) is 0 Å². The average Bonchev–Trinajstić information content (AvgIpc) is 2.53. The minimum Gasteiger partial charge on any atom is -0.497 e. The van der Waals surface area contributed by atoms with Gasteiger partial charge in [-0.2, -0.15) is 0 Å². The molecule has 4 nitrogen and oxygen atoms in total. The van der Waals surface area contributed by atoms with E-state index in [9.17, 15) is 0 Å². The number of anilines is 1. The summed E-state index contributed by atoms with van der Waals surface area (Å²) in [6, 6.07) is 11.7. The predicted molar refractivity (Wildman–Crippen MR) is 87.6 cm³/mol. The Hall–Kier alpha value is -1.88. The summed E-state index contributed by atoms with van der Waals surface area (Å²) in [5.74, 6) is 2.24. The molecular weight excluding hydrogens is 334 g/mol. The number of methoxy groups -OCH3 is 3. The van der Waals surface area contributed by atoms with Gasteiger partial charge in [0.15, 0.2) is 11.5 Å². The van der Waals surface area contributed by atoms with E-state index in [0.29, 0.717) is 18.0 Å². The second kappa shape index (κ2) is 7.22. The first-order valence-electron chi connectivity index (χ1n) is 6.46. The number of hydrogen-bond donors (Lipinski definition) is 1. The highest BCUT2D eigenvalue weighted by molar-refractivity contribution is 9.10. The first-order valence-corrected chi connectivity index (χ1v) is 7.25. The maximum Gasteiger partial charge on any atom is 0.161 e. The van der Waals surface area contributed by atoms with Crippen molar-refractivity contribution in [3.63, 3.8) is 0 Å². The van der Waals surface area contributed by atoms with Crippen molar-refractivity contribution in [2.75, 3.05) is 26.6 Å². The summed E-state index contributed by atoms with van der Waals surface area (Å²) in [5, 5.41) is 3.36. The molecule has 0 amide bonds. The average molecular weight is 352 g/mol. The van der Waals surface area contributed by atoms with Crippen molar-refractivity contribution in [3.8, 4) is 17.2 Å². The monoisotopic (exact) mass is 351 g/mol. The molecule has 0 aliphatic carbocycles. The Morgan fingerprint density at radius 1 is 0.952 bits per heavy atom. The van der Waals surface area contributed by atoms with E-state index in [0.717, 1.165) is 21.5 Å². The minimum atomic E-state index is 0.661. The van der Waals surface area contributed by atoms with Crippen molar-refractivity contribution < 1.29 is 14.2 Å². The number of ether oxygens (including phenoxy) is 3. The lowest BCUT2D eigenvalue weighted by atomic mass is 10.2. The highest BCUT2D eigenvalue weighted by Gasteiger charge is 2.09. The molecule has 0 saturated carbocycles. The predicted octanol–water partition coefficient (Wildman–Crippen LogP) is 4.09. The van der Waals surface area contributed by atoms with Crippen LogP contribution < -0.4 is 19.5 Å². The Morgan fingerprint density at radius 3 is 2.33 bits per heavy atom. The van der Waals surface area contributed by atoms with Crippen molar-refractivity contribution >= 4 is 21.6 Å². The van der Waals surface area contributed by atoms with Crippen LogP contribution in [0.1, 0.15) is 5.56 Å².